The number of rotatable bonds is 5. The van der Waals surface area contributed by atoms with E-state index in [2.05, 4.69) is 30.3 Å². The van der Waals surface area contributed by atoms with Crippen LogP contribution in [-0.2, 0) is 14.3 Å². The molecule has 0 aromatic carbocycles. The highest BCUT2D eigenvalue weighted by molar-refractivity contribution is 6.05. The Labute approximate surface area is 203 Å². The Morgan fingerprint density at radius 3 is 2.69 bits per heavy atom. The van der Waals surface area contributed by atoms with Crippen LogP contribution in [0.2, 0.25) is 0 Å². The van der Waals surface area contributed by atoms with Crippen molar-refractivity contribution in [3.8, 4) is 0 Å². The predicted molar refractivity (Wildman–Crippen MR) is 130 cm³/mol. The summed E-state index contributed by atoms with van der Waals surface area (Å²) in [4.78, 5) is 29.0. The molecule has 12 heteroatoms. The second-order valence-electron chi connectivity index (χ2n) is 9.49. The van der Waals surface area contributed by atoms with E-state index < -0.39 is 0 Å². The van der Waals surface area contributed by atoms with E-state index in [1.165, 1.54) is 12.7 Å². The molecule has 3 fully saturated rings. The Bertz CT molecular complexity index is 1110. The number of oxazole rings is 1. The molecule has 6 heterocycles. The minimum Gasteiger partial charge on any atom is -0.462 e. The first kappa shape index (κ1) is 22.4. The lowest BCUT2D eigenvalue weighted by Gasteiger charge is -2.29. The van der Waals surface area contributed by atoms with Crippen LogP contribution in [0.1, 0.15) is 25.7 Å². The molecule has 0 radical (unpaired) electrons. The van der Waals surface area contributed by atoms with Gasteiger partial charge in [-0.05, 0) is 25.7 Å². The van der Waals surface area contributed by atoms with Crippen LogP contribution < -0.4 is 26.2 Å². The number of nitrogens with zero attached hydrogens (tertiary/aromatic N) is 5. The van der Waals surface area contributed by atoms with Crippen LogP contribution in [-0.4, -0.2) is 85.7 Å². The SMILES string of the molecule is NC1CCN(C2NC(C(=O)Nc3cc4oc(N5CCOCC5)nc4nc3N3CCCCC3)=CO2)C1. The molecule has 6 rings (SSSR count). The van der Waals surface area contributed by atoms with Crippen LogP contribution in [0.3, 0.4) is 0 Å². The third kappa shape index (κ3) is 4.60. The summed E-state index contributed by atoms with van der Waals surface area (Å²) in [5, 5.41) is 6.20. The second kappa shape index (κ2) is 9.51. The van der Waals surface area contributed by atoms with Gasteiger partial charge in [0.1, 0.15) is 12.0 Å². The largest absolute Gasteiger partial charge is 0.462 e. The lowest BCUT2D eigenvalue weighted by Crippen LogP contribution is -2.44. The number of fused-ring (bicyclic) bond motifs is 1. The number of carbonyl (C=O) groups excluding carboxylic acids is 1. The van der Waals surface area contributed by atoms with Gasteiger partial charge in [-0.3, -0.25) is 4.79 Å². The molecule has 4 aliphatic rings. The number of ether oxygens (including phenoxy) is 2. The monoisotopic (exact) mass is 484 g/mol. The number of amides is 1. The summed E-state index contributed by atoms with van der Waals surface area (Å²) in [6.07, 6.45) is 5.38. The Kier molecular flexibility index (Phi) is 6.08. The Morgan fingerprint density at radius 2 is 1.91 bits per heavy atom. The third-order valence-electron chi connectivity index (χ3n) is 6.96. The van der Waals surface area contributed by atoms with Crippen LogP contribution >= 0.6 is 0 Å². The van der Waals surface area contributed by atoms with Gasteiger partial charge in [-0.2, -0.15) is 4.98 Å². The number of piperidine rings is 1. The van der Waals surface area contributed by atoms with Gasteiger partial charge in [0.25, 0.3) is 11.9 Å². The number of morpholine rings is 1. The van der Waals surface area contributed by atoms with E-state index >= 15 is 0 Å². The molecule has 3 saturated heterocycles. The molecule has 4 N–H and O–H groups in total. The minimum atomic E-state index is -0.378. The molecule has 2 aromatic heterocycles. The molecule has 0 saturated carbocycles. The number of hydrogen-bond donors (Lipinski definition) is 3. The fourth-order valence-electron chi connectivity index (χ4n) is 5.02. The number of aromatic nitrogens is 2. The van der Waals surface area contributed by atoms with E-state index in [0.29, 0.717) is 47.7 Å². The number of likely N-dealkylation sites (tertiary alicyclic amines) is 1. The molecule has 1 amide bonds. The Hall–Kier alpha value is -3.09. The standard InChI is InChI=1S/C23H32N8O4/c24-15-4-7-31(13-15)22-26-17(14-34-22)21(32)25-16-12-18-19(27-20(16)29-5-2-1-3-6-29)28-23(35-18)30-8-10-33-11-9-30/h12,14-15,22,26H,1-11,13,24H2,(H,25,32). The molecular formula is C23H32N8O4. The van der Waals surface area contributed by atoms with Crippen molar-refractivity contribution in [3.05, 3.63) is 18.0 Å². The summed E-state index contributed by atoms with van der Waals surface area (Å²) in [6, 6.07) is 2.49. The Morgan fingerprint density at radius 1 is 1.09 bits per heavy atom. The van der Waals surface area contributed by atoms with Crippen molar-refractivity contribution in [2.75, 3.05) is 67.6 Å². The average Bonchev–Trinajstić information content (AvgIpc) is 3.64. The molecule has 188 valence electrons. The zero-order valence-corrected chi connectivity index (χ0v) is 19.7. The van der Waals surface area contributed by atoms with Crippen LogP contribution in [0.25, 0.3) is 11.2 Å². The highest BCUT2D eigenvalue weighted by atomic mass is 16.5. The van der Waals surface area contributed by atoms with Gasteiger partial charge in [-0.1, -0.05) is 0 Å². The van der Waals surface area contributed by atoms with E-state index in [9.17, 15) is 4.79 Å². The van der Waals surface area contributed by atoms with Gasteiger partial charge in [0.05, 0.1) is 18.9 Å². The van der Waals surface area contributed by atoms with Crippen LogP contribution in [0, 0.1) is 0 Å². The van der Waals surface area contributed by atoms with Gasteiger partial charge >= 0.3 is 0 Å². The normalized spacial score (nSPS) is 25.5. The van der Waals surface area contributed by atoms with Crippen LogP contribution in [0.4, 0.5) is 17.5 Å². The maximum atomic E-state index is 13.2. The number of nitrogens with one attached hydrogen (secondary N) is 2. The first-order valence-corrected chi connectivity index (χ1v) is 12.5. The fraction of sp³-hybridized carbons (Fsp3) is 0.609. The number of hydrogen-bond acceptors (Lipinski definition) is 11. The molecule has 2 unspecified atom stereocenters. The van der Waals surface area contributed by atoms with Gasteiger partial charge in [0.2, 0.25) is 12.0 Å². The summed E-state index contributed by atoms with van der Waals surface area (Å²) in [5.74, 6) is 0.428. The van der Waals surface area contributed by atoms with E-state index in [1.54, 1.807) is 0 Å². The van der Waals surface area contributed by atoms with Crippen molar-refractivity contribution in [3.63, 3.8) is 0 Å². The number of pyridine rings is 1. The molecule has 4 aliphatic heterocycles. The smallest absolute Gasteiger partial charge is 0.300 e. The number of anilines is 3. The summed E-state index contributed by atoms with van der Waals surface area (Å²) in [7, 11) is 0. The van der Waals surface area contributed by atoms with Gasteiger partial charge in [-0.25, -0.2) is 9.88 Å². The molecule has 12 nitrogen and oxygen atoms in total. The van der Waals surface area contributed by atoms with Crippen molar-refractivity contribution >= 4 is 34.7 Å². The predicted octanol–water partition coefficient (Wildman–Crippen LogP) is 0.766. The lowest BCUT2D eigenvalue weighted by atomic mass is 10.1. The molecule has 2 atom stereocenters. The molecule has 0 aliphatic carbocycles. The molecular weight excluding hydrogens is 452 g/mol. The molecule has 2 aromatic rings. The fourth-order valence-corrected chi connectivity index (χ4v) is 5.02. The highest BCUT2D eigenvalue weighted by Crippen LogP contribution is 2.32. The first-order valence-electron chi connectivity index (χ1n) is 12.5. The molecule has 35 heavy (non-hydrogen) atoms. The van der Waals surface area contributed by atoms with Crippen molar-refractivity contribution in [2.24, 2.45) is 5.73 Å². The van der Waals surface area contributed by atoms with Crippen molar-refractivity contribution in [2.45, 2.75) is 38.1 Å². The average molecular weight is 485 g/mol. The van der Waals surface area contributed by atoms with E-state index in [0.717, 1.165) is 58.5 Å². The van der Waals surface area contributed by atoms with E-state index in [4.69, 9.17) is 24.6 Å². The van der Waals surface area contributed by atoms with Crippen LogP contribution in [0.5, 0.6) is 0 Å². The third-order valence-corrected chi connectivity index (χ3v) is 6.96. The van der Waals surface area contributed by atoms with Crippen LogP contribution in [0.15, 0.2) is 22.4 Å². The minimum absolute atomic E-state index is 0.132. The topological polar surface area (TPSA) is 134 Å². The van der Waals surface area contributed by atoms with E-state index in [1.807, 2.05) is 6.07 Å². The summed E-state index contributed by atoms with van der Waals surface area (Å²) < 4.78 is 17.2. The maximum absolute atomic E-state index is 13.2. The number of carbonyl (C=O) groups is 1. The summed E-state index contributed by atoms with van der Waals surface area (Å²) in [5.41, 5.74) is 8.06. The zero-order chi connectivity index (χ0) is 23.8. The number of nitrogens with two attached hydrogens (primary N) is 1. The maximum Gasteiger partial charge on any atom is 0.300 e. The van der Waals surface area contributed by atoms with Crippen molar-refractivity contribution in [1.29, 1.82) is 0 Å². The van der Waals surface area contributed by atoms with Gasteiger partial charge in [-0.15, -0.1) is 0 Å². The summed E-state index contributed by atoms with van der Waals surface area (Å²) in [6.45, 7) is 6.06. The van der Waals surface area contributed by atoms with Crippen molar-refractivity contribution < 1.29 is 18.7 Å². The van der Waals surface area contributed by atoms with Crippen molar-refractivity contribution in [1.82, 2.24) is 20.2 Å². The quantitative estimate of drug-likeness (QED) is 0.555. The van der Waals surface area contributed by atoms with Gasteiger partial charge < -0.3 is 40.1 Å². The first-order chi connectivity index (χ1) is 17.1. The highest BCUT2D eigenvalue weighted by Gasteiger charge is 2.32. The molecule has 0 spiro atoms. The van der Waals surface area contributed by atoms with Gasteiger partial charge in [0.15, 0.2) is 11.4 Å². The van der Waals surface area contributed by atoms with E-state index in [-0.39, 0.29) is 18.3 Å². The lowest BCUT2D eigenvalue weighted by molar-refractivity contribution is -0.113. The summed E-state index contributed by atoms with van der Waals surface area (Å²) >= 11 is 0. The second-order valence-corrected chi connectivity index (χ2v) is 9.49. The Balaban J connectivity index is 1.24. The van der Waals surface area contributed by atoms with Gasteiger partial charge in [0, 0.05) is 51.4 Å². The zero-order valence-electron chi connectivity index (χ0n) is 19.7. The molecule has 0 bridgehead atoms.